The molecule has 0 aliphatic carbocycles. The molecule has 1 nitrogen and oxygen atoms in total. The number of aryl methyl sites for hydroxylation is 1. The van der Waals surface area contributed by atoms with Gasteiger partial charge in [-0.1, -0.05) is 41.1 Å². The van der Waals surface area contributed by atoms with Crippen LogP contribution >= 0.6 is 15.9 Å². The molecule has 0 aliphatic heterocycles. The molecule has 0 aliphatic rings. The van der Waals surface area contributed by atoms with E-state index in [1.54, 1.807) is 12.1 Å². The van der Waals surface area contributed by atoms with Crippen LogP contribution in [0.1, 0.15) is 30.0 Å². The smallest absolute Gasteiger partial charge is 0.264 e. The average Bonchev–Trinajstić information content (AvgIpc) is 2.28. The summed E-state index contributed by atoms with van der Waals surface area (Å²) in [5.74, 6) is 0.0480. The highest BCUT2D eigenvalue weighted by molar-refractivity contribution is 9.09. The predicted octanol–water partition coefficient (Wildman–Crippen LogP) is 3.69. The van der Waals surface area contributed by atoms with Crippen LogP contribution in [0.15, 0.2) is 18.2 Å². The van der Waals surface area contributed by atoms with Gasteiger partial charge in [-0.3, -0.25) is 4.79 Å². The Hall–Kier alpha value is -0.770. The number of halogens is 3. The molecule has 0 saturated carbocycles. The number of carbonyl (C=O) groups is 1. The second-order valence-corrected chi connectivity index (χ2v) is 4.10. The van der Waals surface area contributed by atoms with Gasteiger partial charge < -0.3 is 0 Å². The van der Waals surface area contributed by atoms with Crippen molar-refractivity contribution in [1.29, 1.82) is 0 Å². The summed E-state index contributed by atoms with van der Waals surface area (Å²) in [6, 6.07) is 4.71. The van der Waals surface area contributed by atoms with E-state index in [4.69, 9.17) is 0 Å². The topological polar surface area (TPSA) is 17.1 Å². The zero-order valence-corrected chi connectivity index (χ0v) is 10.6. The molecule has 0 amide bonds. The van der Waals surface area contributed by atoms with E-state index < -0.39 is 6.43 Å². The van der Waals surface area contributed by atoms with Gasteiger partial charge in [-0.2, -0.15) is 0 Å². The lowest BCUT2D eigenvalue weighted by Gasteiger charge is -2.09. The number of alkyl halides is 3. The van der Waals surface area contributed by atoms with Crippen molar-refractivity contribution in [3.63, 3.8) is 0 Å². The standard InChI is InChI=1S/C12H13BrF2O/c1-2-9-5-8(6-10(16)7-13)3-4-11(9)12(14)15/h3-5,12H,2,6-7H2,1H3. The number of rotatable bonds is 5. The first-order valence-corrected chi connectivity index (χ1v) is 6.18. The molecule has 88 valence electrons. The molecule has 0 heterocycles. The van der Waals surface area contributed by atoms with Crippen molar-refractivity contribution in [2.24, 2.45) is 0 Å². The first-order chi connectivity index (χ1) is 7.58. The van der Waals surface area contributed by atoms with Gasteiger partial charge in [-0.25, -0.2) is 8.78 Å². The van der Waals surface area contributed by atoms with Crippen molar-refractivity contribution in [1.82, 2.24) is 0 Å². The Bertz CT molecular complexity index is 377. The van der Waals surface area contributed by atoms with E-state index in [0.29, 0.717) is 23.7 Å². The Morgan fingerprint density at radius 3 is 2.62 bits per heavy atom. The Labute approximate surface area is 102 Å². The molecule has 16 heavy (non-hydrogen) atoms. The average molecular weight is 291 g/mol. The van der Waals surface area contributed by atoms with Crippen LogP contribution in [0.2, 0.25) is 0 Å². The van der Waals surface area contributed by atoms with Crippen molar-refractivity contribution in [3.05, 3.63) is 34.9 Å². The lowest BCUT2D eigenvalue weighted by atomic mass is 10.00. The molecular formula is C12H13BrF2O. The molecular weight excluding hydrogens is 278 g/mol. The fourth-order valence-corrected chi connectivity index (χ4v) is 1.76. The maximum atomic E-state index is 12.6. The van der Waals surface area contributed by atoms with Gasteiger partial charge in [-0.05, 0) is 17.5 Å². The van der Waals surface area contributed by atoms with Gasteiger partial charge in [0.15, 0.2) is 0 Å². The van der Waals surface area contributed by atoms with Crippen molar-refractivity contribution in [3.8, 4) is 0 Å². The van der Waals surface area contributed by atoms with E-state index in [1.165, 1.54) is 6.07 Å². The Morgan fingerprint density at radius 2 is 2.12 bits per heavy atom. The van der Waals surface area contributed by atoms with Crippen LogP contribution in [0.25, 0.3) is 0 Å². The van der Waals surface area contributed by atoms with Crippen molar-refractivity contribution < 1.29 is 13.6 Å². The zero-order chi connectivity index (χ0) is 12.1. The van der Waals surface area contributed by atoms with Crippen molar-refractivity contribution >= 4 is 21.7 Å². The second kappa shape index (κ2) is 6.09. The summed E-state index contributed by atoms with van der Waals surface area (Å²) in [6.07, 6.45) is -1.60. The SMILES string of the molecule is CCc1cc(CC(=O)CBr)ccc1C(F)F. The molecule has 4 heteroatoms. The molecule has 1 aromatic rings. The van der Waals surface area contributed by atoms with Crippen LogP contribution < -0.4 is 0 Å². The van der Waals surface area contributed by atoms with Gasteiger partial charge in [0.05, 0.1) is 5.33 Å². The maximum Gasteiger partial charge on any atom is 0.264 e. The lowest BCUT2D eigenvalue weighted by Crippen LogP contribution is -2.04. The summed E-state index contributed by atoms with van der Waals surface area (Å²) in [6.45, 7) is 1.83. The number of ketones is 1. The third kappa shape index (κ3) is 3.37. The Kier molecular flexibility index (Phi) is 5.06. The number of hydrogen-bond acceptors (Lipinski definition) is 1. The van der Waals surface area contributed by atoms with E-state index in [-0.39, 0.29) is 11.3 Å². The van der Waals surface area contributed by atoms with Gasteiger partial charge >= 0.3 is 0 Å². The third-order valence-electron chi connectivity index (χ3n) is 2.37. The van der Waals surface area contributed by atoms with Crippen LogP contribution in [0, 0.1) is 0 Å². The summed E-state index contributed by atoms with van der Waals surface area (Å²) >= 11 is 3.08. The van der Waals surface area contributed by atoms with E-state index in [0.717, 1.165) is 5.56 Å². The fourth-order valence-electron chi connectivity index (χ4n) is 1.56. The molecule has 0 fully saturated rings. The quantitative estimate of drug-likeness (QED) is 0.756. The summed E-state index contributed by atoms with van der Waals surface area (Å²) in [5, 5.41) is 0.297. The molecule has 1 rings (SSSR count). The molecule has 0 bridgehead atoms. The molecule has 0 N–H and O–H groups in total. The molecule has 0 aromatic heterocycles. The van der Waals surface area contributed by atoms with E-state index in [9.17, 15) is 13.6 Å². The second-order valence-electron chi connectivity index (χ2n) is 3.54. The lowest BCUT2D eigenvalue weighted by molar-refractivity contribution is -0.115. The van der Waals surface area contributed by atoms with Gasteiger partial charge in [0, 0.05) is 12.0 Å². The molecule has 0 unspecified atom stereocenters. The summed E-state index contributed by atoms with van der Waals surface area (Å²) in [5.41, 5.74) is 1.48. The molecule has 0 radical (unpaired) electrons. The summed E-state index contributed by atoms with van der Waals surface area (Å²) in [4.78, 5) is 11.2. The Morgan fingerprint density at radius 1 is 1.44 bits per heavy atom. The van der Waals surface area contributed by atoms with Crippen LogP contribution in [-0.4, -0.2) is 11.1 Å². The van der Waals surface area contributed by atoms with Gasteiger partial charge in [0.25, 0.3) is 6.43 Å². The minimum absolute atomic E-state index is 0.0480. The summed E-state index contributed by atoms with van der Waals surface area (Å²) in [7, 11) is 0. The van der Waals surface area contributed by atoms with Crippen LogP contribution in [-0.2, 0) is 17.6 Å². The number of benzene rings is 1. The molecule has 0 spiro atoms. The van der Waals surface area contributed by atoms with Gasteiger partial charge in [0.2, 0.25) is 0 Å². The first-order valence-electron chi connectivity index (χ1n) is 5.06. The zero-order valence-electron chi connectivity index (χ0n) is 8.97. The van der Waals surface area contributed by atoms with Crippen LogP contribution in [0.4, 0.5) is 8.78 Å². The minimum Gasteiger partial charge on any atom is -0.298 e. The molecule has 0 saturated heterocycles. The summed E-state index contributed by atoms with van der Waals surface area (Å²) < 4.78 is 25.2. The van der Waals surface area contributed by atoms with Crippen molar-refractivity contribution in [2.45, 2.75) is 26.2 Å². The van der Waals surface area contributed by atoms with Gasteiger partial charge in [-0.15, -0.1) is 0 Å². The van der Waals surface area contributed by atoms with Crippen LogP contribution in [0.5, 0.6) is 0 Å². The highest BCUT2D eigenvalue weighted by atomic mass is 79.9. The number of Topliss-reactive ketones (excluding diaryl/α,β-unsaturated/α-hetero) is 1. The van der Waals surface area contributed by atoms with Crippen molar-refractivity contribution in [2.75, 3.05) is 5.33 Å². The number of carbonyl (C=O) groups excluding carboxylic acids is 1. The van der Waals surface area contributed by atoms with Crippen LogP contribution in [0.3, 0.4) is 0 Å². The third-order valence-corrected chi connectivity index (χ3v) is 3.00. The molecule has 0 atom stereocenters. The first kappa shape index (κ1) is 13.3. The van der Waals surface area contributed by atoms with E-state index >= 15 is 0 Å². The fraction of sp³-hybridized carbons (Fsp3) is 0.417. The van der Waals surface area contributed by atoms with E-state index in [2.05, 4.69) is 15.9 Å². The monoisotopic (exact) mass is 290 g/mol. The predicted molar refractivity (Wildman–Crippen MR) is 63.3 cm³/mol. The van der Waals surface area contributed by atoms with E-state index in [1.807, 2.05) is 6.92 Å². The normalized spacial score (nSPS) is 10.8. The highest BCUT2D eigenvalue weighted by Gasteiger charge is 2.12. The molecule has 1 aromatic carbocycles. The highest BCUT2D eigenvalue weighted by Crippen LogP contribution is 2.24. The number of hydrogen-bond donors (Lipinski definition) is 0. The Balaban J connectivity index is 2.95. The maximum absolute atomic E-state index is 12.6. The van der Waals surface area contributed by atoms with Gasteiger partial charge in [0.1, 0.15) is 5.78 Å². The minimum atomic E-state index is -2.45. The largest absolute Gasteiger partial charge is 0.298 e.